The molecule has 21 heavy (non-hydrogen) atoms. The Labute approximate surface area is 119 Å². The van der Waals surface area contributed by atoms with Gasteiger partial charge in [0.25, 0.3) is 5.56 Å². The van der Waals surface area contributed by atoms with Crippen LogP contribution in [0.2, 0.25) is 0 Å². The van der Waals surface area contributed by atoms with Crippen molar-refractivity contribution in [3.05, 3.63) is 57.0 Å². The first-order chi connectivity index (χ1) is 9.75. The van der Waals surface area contributed by atoms with E-state index < -0.39 is 29.2 Å². The normalized spacial score (nSPS) is 12.4. The van der Waals surface area contributed by atoms with E-state index in [4.69, 9.17) is 5.11 Å². The van der Waals surface area contributed by atoms with Crippen LogP contribution in [0.1, 0.15) is 34.6 Å². The monoisotopic (exact) mass is 296 g/mol. The van der Waals surface area contributed by atoms with Crippen LogP contribution < -0.4 is 5.56 Å². The van der Waals surface area contributed by atoms with Gasteiger partial charge in [0.05, 0.1) is 11.7 Å². The molecule has 0 aliphatic carbocycles. The van der Waals surface area contributed by atoms with Crippen LogP contribution in [0.4, 0.5) is 8.78 Å². The molecule has 0 saturated heterocycles. The number of aromatic carboxylic acids is 1. The van der Waals surface area contributed by atoms with Crippen LogP contribution in [-0.2, 0) is 7.05 Å². The second-order valence-electron chi connectivity index (χ2n) is 4.79. The average molecular weight is 296 g/mol. The fourth-order valence-electron chi connectivity index (χ4n) is 2.32. The number of carboxylic acids is 1. The van der Waals surface area contributed by atoms with Gasteiger partial charge in [0, 0.05) is 7.05 Å². The van der Waals surface area contributed by atoms with Crippen LogP contribution >= 0.6 is 0 Å². The van der Waals surface area contributed by atoms with Gasteiger partial charge in [-0.3, -0.25) is 9.48 Å². The minimum absolute atomic E-state index is 0.293. The number of nitrogens with zero attached hydrogens (tertiary/aromatic N) is 2. The number of hydrogen-bond donors (Lipinski definition) is 1. The fraction of sp³-hybridized carbons (Fsp3) is 0.286. The summed E-state index contributed by atoms with van der Waals surface area (Å²) in [6.07, 6.45) is 0. The smallest absolute Gasteiger partial charge is 0.343 e. The molecule has 5 nitrogen and oxygen atoms in total. The maximum Gasteiger partial charge on any atom is 0.343 e. The predicted molar refractivity (Wildman–Crippen MR) is 71.5 cm³/mol. The molecule has 0 fully saturated rings. The van der Waals surface area contributed by atoms with E-state index in [1.54, 1.807) is 14.0 Å². The van der Waals surface area contributed by atoms with Crippen molar-refractivity contribution in [2.45, 2.75) is 19.9 Å². The molecule has 0 radical (unpaired) electrons. The SMILES string of the molecule is Cc1c(C(=O)O)c(=O)n(C(C)c2ccc(F)c(F)c2)n1C. The zero-order chi connectivity index (χ0) is 15.9. The highest BCUT2D eigenvalue weighted by Gasteiger charge is 2.24. The molecule has 0 amide bonds. The second kappa shape index (κ2) is 5.16. The summed E-state index contributed by atoms with van der Waals surface area (Å²) in [5.41, 5.74) is -0.345. The fourth-order valence-corrected chi connectivity index (χ4v) is 2.32. The standard InChI is InChI=1S/C14H14F2N2O3/c1-7(9-4-5-10(15)11(16)6-9)18-13(19)12(14(20)21)8(2)17(18)3/h4-7H,1-3H3,(H,20,21). The minimum atomic E-state index is -1.32. The van der Waals surface area contributed by atoms with Crippen LogP contribution in [0.5, 0.6) is 0 Å². The highest BCUT2D eigenvalue weighted by atomic mass is 19.2. The molecular formula is C14H14F2N2O3. The van der Waals surface area contributed by atoms with Gasteiger partial charge in [-0.15, -0.1) is 0 Å². The number of hydrogen-bond acceptors (Lipinski definition) is 2. The maximum absolute atomic E-state index is 13.3. The molecule has 0 bridgehead atoms. The van der Waals surface area contributed by atoms with Crippen molar-refractivity contribution in [1.29, 1.82) is 0 Å². The molecule has 0 aliphatic heterocycles. The number of halogens is 2. The summed E-state index contributed by atoms with van der Waals surface area (Å²) in [6, 6.07) is 2.69. The Morgan fingerprint density at radius 1 is 1.29 bits per heavy atom. The van der Waals surface area contributed by atoms with Crippen LogP contribution in [-0.4, -0.2) is 20.4 Å². The molecule has 0 spiro atoms. The highest BCUT2D eigenvalue weighted by Crippen LogP contribution is 2.20. The van der Waals surface area contributed by atoms with Gasteiger partial charge in [-0.05, 0) is 31.5 Å². The first-order valence-electron chi connectivity index (χ1n) is 6.22. The summed E-state index contributed by atoms with van der Waals surface area (Å²) in [6.45, 7) is 3.12. The summed E-state index contributed by atoms with van der Waals surface area (Å²) >= 11 is 0. The lowest BCUT2D eigenvalue weighted by Gasteiger charge is -2.17. The van der Waals surface area contributed by atoms with Crippen molar-refractivity contribution in [3.63, 3.8) is 0 Å². The zero-order valence-electron chi connectivity index (χ0n) is 11.7. The Kier molecular flexibility index (Phi) is 3.67. The van der Waals surface area contributed by atoms with Crippen LogP contribution in [0.3, 0.4) is 0 Å². The van der Waals surface area contributed by atoms with Crippen LogP contribution in [0.25, 0.3) is 0 Å². The second-order valence-corrected chi connectivity index (χ2v) is 4.79. The number of aromatic nitrogens is 2. The molecule has 1 N–H and O–H groups in total. The Morgan fingerprint density at radius 2 is 1.90 bits per heavy atom. The minimum Gasteiger partial charge on any atom is -0.477 e. The Balaban J connectivity index is 2.61. The van der Waals surface area contributed by atoms with Gasteiger partial charge in [-0.1, -0.05) is 6.07 Å². The van der Waals surface area contributed by atoms with E-state index in [0.717, 1.165) is 12.1 Å². The number of carbonyl (C=O) groups is 1. The maximum atomic E-state index is 13.3. The van der Waals surface area contributed by atoms with Gasteiger partial charge in [0.2, 0.25) is 0 Å². The molecule has 1 heterocycles. The van der Waals surface area contributed by atoms with Gasteiger partial charge in [0.15, 0.2) is 11.6 Å². The molecule has 1 unspecified atom stereocenters. The summed E-state index contributed by atoms with van der Waals surface area (Å²) in [5, 5.41) is 9.08. The Hall–Kier alpha value is -2.44. The third kappa shape index (κ3) is 2.35. The topological polar surface area (TPSA) is 64.2 Å². The molecule has 7 heteroatoms. The summed E-state index contributed by atoms with van der Waals surface area (Å²) < 4.78 is 28.9. The van der Waals surface area contributed by atoms with Crippen molar-refractivity contribution in [2.75, 3.05) is 0 Å². The molecule has 1 aromatic carbocycles. The third-order valence-corrected chi connectivity index (χ3v) is 3.60. The van der Waals surface area contributed by atoms with Gasteiger partial charge in [-0.2, -0.15) is 0 Å². The highest BCUT2D eigenvalue weighted by molar-refractivity contribution is 5.88. The van der Waals surface area contributed by atoms with Crippen LogP contribution in [0.15, 0.2) is 23.0 Å². The number of benzene rings is 1. The van der Waals surface area contributed by atoms with Crippen molar-refractivity contribution < 1.29 is 18.7 Å². The van der Waals surface area contributed by atoms with E-state index in [2.05, 4.69) is 0 Å². The quantitative estimate of drug-likeness (QED) is 0.943. The Bertz CT molecular complexity index is 777. The molecule has 112 valence electrons. The summed E-state index contributed by atoms with van der Waals surface area (Å²) in [4.78, 5) is 23.3. The molecule has 1 atom stereocenters. The van der Waals surface area contributed by atoms with E-state index in [0.29, 0.717) is 11.3 Å². The van der Waals surface area contributed by atoms with Crippen LogP contribution in [0, 0.1) is 18.6 Å². The van der Waals surface area contributed by atoms with E-state index in [9.17, 15) is 18.4 Å². The van der Waals surface area contributed by atoms with Gasteiger partial charge in [0.1, 0.15) is 5.56 Å². The van der Waals surface area contributed by atoms with E-state index >= 15 is 0 Å². The van der Waals surface area contributed by atoms with Gasteiger partial charge in [-0.25, -0.2) is 18.3 Å². The lowest BCUT2D eigenvalue weighted by Crippen LogP contribution is -2.27. The summed E-state index contributed by atoms with van der Waals surface area (Å²) in [5.74, 6) is -3.31. The van der Waals surface area contributed by atoms with Crippen molar-refractivity contribution in [3.8, 4) is 0 Å². The van der Waals surface area contributed by atoms with Gasteiger partial charge < -0.3 is 5.11 Å². The molecule has 2 rings (SSSR count). The van der Waals surface area contributed by atoms with E-state index in [1.165, 1.54) is 22.4 Å². The largest absolute Gasteiger partial charge is 0.477 e. The lowest BCUT2D eigenvalue weighted by molar-refractivity contribution is 0.0694. The Morgan fingerprint density at radius 3 is 2.38 bits per heavy atom. The molecule has 2 aromatic rings. The molecular weight excluding hydrogens is 282 g/mol. The lowest BCUT2D eigenvalue weighted by atomic mass is 10.1. The third-order valence-electron chi connectivity index (χ3n) is 3.60. The number of rotatable bonds is 3. The molecule has 0 aliphatic rings. The summed E-state index contributed by atoms with van der Waals surface area (Å²) in [7, 11) is 1.54. The first-order valence-corrected chi connectivity index (χ1v) is 6.22. The zero-order valence-corrected chi connectivity index (χ0v) is 11.7. The van der Waals surface area contributed by atoms with Crippen molar-refractivity contribution >= 4 is 5.97 Å². The number of carboxylic acid groups (broad SMARTS) is 1. The molecule has 1 aromatic heterocycles. The predicted octanol–water partition coefficient (Wildman–Crippen LogP) is 2.08. The van der Waals surface area contributed by atoms with E-state index in [1.807, 2.05) is 0 Å². The average Bonchev–Trinajstić information content (AvgIpc) is 2.63. The van der Waals surface area contributed by atoms with Crippen molar-refractivity contribution in [2.24, 2.45) is 7.05 Å². The first kappa shape index (κ1) is 15.0. The van der Waals surface area contributed by atoms with E-state index in [-0.39, 0.29) is 5.56 Å². The molecule has 0 saturated carbocycles. The van der Waals surface area contributed by atoms with Gasteiger partial charge >= 0.3 is 5.97 Å². The van der Waals surface area contributed by atoms with Crippen molar-refractivity contribution in [1.82, 2.24) is 9.36 Å².